The number of aromatic nitrogens is 1. The Morgan fingerprint density at radius 1 is 1.21 bits per heavy atom. The normalized spacial score (nSPS) is 36.2. The van der Waals surface area contributed by atoms with E-state index in [1.807, 2.05) is 6.07 Å². The van der Waals surface area contributed by atoms with Gasteiger partial charge in [0.05, 0.1) is 28.9 Å². The first-order chi connectivity index (χ1) is 13.2. The van der Waals surface area contributed by atoms with Crippen molar-refractivity contribution in [3.8, 4) is 6.07 Å². The maximum absolute atomic E-state index is 13.3. The minimum absolute atomic E-state index is 0.0105. The summed E-state index contributed by atoms with van der Waals surface area (Å²) in [6.45, 7) is 3.43. The number of nitrogens with zero attached hydrogens (tertiary/aromatic N) is 3. The highest BCUT2D eigenvalue weighted by molar-refractivity contribution is 6.25. The fraction of sp³-hybridized carbons (Fsp3) is 0.400. The lowest BCUT2D eigenvalue weighted by atomic mass is 9.67. The van der Waals surface area contributed by atoms with Gasteiger partial charge < -0.3 is 9.84 Å². The van der Waals surface area contributed by atoms with Crippen molar-refractivity contribution in [2.45, 2.75) is 37.6 Å². The second-order valence-electron chi connectivity index (χ2n) is 8.15. The fourth-order valence-corrected chi connectivity index (χ4v) is 5.34. The van der Waals surface area contributed by atoms with Crippen molar-refractivity contribution in [2.75, 3.05) is 4.90 Å². The molecule has 2 unspecified atom stereocenters. The maximum atomic E-state index is 13.3. The van der Waals surface area contributed by atoms with Crippen molar-refractivity contribution in [1.82, 2.24) is 0 Å². The zero-order valence-electron chi connectivity index (χ0n) is 15.3. The van der Waals surface area contributed by atoms with Gasteiger partial charge in [-0.15, -0.1) is 0 Å². The van der Waals surface area contributed by atoms with E-state index in [2.05, 4.69) is 0 Å². The largest absolute Gasteiger partial charge is 0.390 e. The molecule has 2 bridgehead atoms. The van der Waals surface area contributed by atoms with Gasteiger partial charge in [-0.05, 0) is 19.9 Å². The minimum atomic E-state index is -1.13. The van der Waals surface area contributed by atoms with Crippen LogP contribution in [0.3, 0.4) is 0 Å². The lowest BCUT2D eigenvalue weighted by molar-refractivity contribution is -0.905. The zero-order chi connectivity index (χ0) is 20.0. The molecule has 8 heteroatoms. The summed E-state index contributed by atoms with van der Waals surface area (Å²) in [5, 5.41) is 31.0. The number of fused-ring (bicyclic) bond motifs is 6. The Hall–Kier alpha value is -3.02. The number of aliphatic hydroxyl groups excluding tert-OH is 1. The predicted molar refractivity (Wildman–Crippen MR) is 94.0 cm³/mol. The summed E-state index contributed by atoms with van der Waals surface area (Å²) in [5.74, 6) is -2.37. The molecule has 5 rings (SSSR count). The van der Waals surface area contributed by atoms with Gasteiger partial charge in [-0.1, -0.05) is 18.2 Å². The van der Waals surface area contributed by atoms with E-state index < -0.39 is 41.0 Å². The van der Waals surface area contributed by atoms with Gasteiger partial charge in [0.25, 0.3) is 0 Å². The molecule has 0 saturated carbocycles. The van der Waals surface area contributed by atoms with Crippen molar-refractivity contribution in [1.29, 1.82) is 5.26 Å². The molecule has 28 heavy (non-hydrogen) atoms. The van der Waals surface area contributed by atoms with Gasteiger partial charge in [0.2, 0.25) is 18.0 Å². The number of pyridine rings is 1. The molecule has 0 aliphatic carbocycles. The molecule has 1 aromatic heterocycles. The van der Waals surface area contributed by atoms with E-state index >= 15 is 0 Å². The highest BCUT2D eigenvalue weighted by Crippen LogP contribution is 2.61. The Labute approximate surface area is 160 Å². The number of amides is 2. The SMILES string of the molecule is CC12C[C@@H](O)C(C)(O1)[C@H]1C(=O)N(c3c[n+](O)c(C#N)c4ccccc34)C(=O)[C@H]12. The van der Waals surface area contributed by atoms with Crippen LogP contribution in [-0.2, 0) is 14.3 Å². The fourth-order valence-electron chi connectivity index (χ4n) is 5.34. The average molecular weight is 380 g/mol. The number of nitriles is 1. The third-order valence-electron chi connectivity index (χ3n) is 6.57. The first kappa shape index (κ1) is 17.1. The van der Waals surface area contributed by atoms with Gasteiger partial charge >= 0.3 is 5.69 Å². The summed E-state index contributed by atoms with van der Waals surface area (Å²) in [4.78, 5) is 27.8. The van der Waals surface area contributed by atoms with Crippen molar-refractivity contribution in [3.05, 3.63) is 36.2 Å². The molecule has 3 saturated heterocycles. The number of carbonyl (C=O) groups is 2. The van der Waals surface area contributed by atoms with Crippen molar-refractivity contribution >= 4 is 28.3 Å². The zero-order valence-corrected chi connectivity index (χ0v) is 15.3. The van der Waals surface area contributed by atoms with E-state index in [-0.39, 0.29) is 17.8 Å². The van der Waals surface area contributed by atoms with E-state index in [0.29, 0.717) is 15.5 Å². The van der Waals surface area contributed by atoms with Gasteiger partial charge in [0.1, 0.15) is 11.3 Å². The first-order valence-corrected chi connectivity index (χ1v) is 9.06. The third-order valence-corrected chi connectivity index (χ3v) is 6.57. The molecule has 0 radical (unpaired) electrons. The molecule has 2 aromatic rings. The Morgan fingerprint density at radius 3 is 2.54 bits per heavy atom. The van der Waals surface area contributed by atoms with Gasteiger partial charge in [0.15, 0.2) is 6.07 Å². The van der Waals surface area contributed by atoms with Crippen molar-refractivity contribution in [2.24, 2.45) is 11.8 Å². The van der Waals surface area contributed by atoms with Gasteiger partial charge in [0, 0.05) is 16.5 Å². The minimum Gasteiger partial charge on any atom is -0.390 e. The Kier molecular flexibility index (Phi) is 3.10. The van der Waals surface area contributed by atoms with Gasteiger partial charge in [-0.2, -0.15) is 5.26 Å². The number of benzene rings is 1. The highest BCUT2D eigenvalue weighted by Gasteiger charge is 2.75. The van der Waals surface area contributed by atoms with Crippen LogP contribution < -0.4 is 9.63 Å². The third kappa shape index (κ3) is 1.78. The van der Waals surface area contributed by atoms with Gasteiger partial charge in [-0.25, -0.2) is 4.90 Å². The summed E-state index contributed by atoms with van der Waals surface area (Å²) < 4.78 is 6.62. The summed E-state index contributed by atoms with van der Waals surface area (Å²) in [7, 11) is 0. The predicted octanol–water partition coefficient (Wildman–Crippen LogP) is 0.654. The molecule has 3 aliphatic rings. The van der Waals surface area contributed by atoms with E-state index in [9.17, 15) is 25.2 Å². The van der Waals surface area contributed by atoms with Crippen LogP contribution in [0.2, 0.25) is 0 Å². The Balaban J connectivity index is 1.72. The molecule has 8 nitrogen and oxygen atoms in total. The number of hydrogen-bond acceptors (Lipinski definition) is 6. The number of aliphatic hydroxyl groups is 1. The van der Waals surface area contributed by atoms with E-state index in [1.165, 1.54) is 6.20 Å². The maximum Gasteiger partial charge on any atom is 0.341 e. The number of ether oxygens (including phenoxy) is 1. The van der Waals surface area contributed by atoms with Crippen LogP contribution >= 0.6 is 0 Å². The number of rotatable bonds is 1. The van der Waals surface area contributed by atoms with Crippen LogP contribution in [0.5, 0.6) is 0 Å². The number of anilines is 1. The van der Waals surface area contributed by atoms with Crippen LogP contribution in [0.15, 0.2) is 30.5 Å². The molecule has 2 amide bonds. The smallest absolute Gasteiger partial charge is 0.341 e. The van der Waals surface area contributed by atoms with Crippen LogP contribution in [0.25, 0.3) is 10.8 Å². The molecular weight excluding hydrogens is 362 g/mol. The first-order valence-electron chi connectivity index (χ1n) is 9.06. The molecule has 142 valence electrons. The monoisotopic (exact) mass is 380 g/mol. The molecular formula is C20H18N3O5+. The second-order valence-corrected chi connectivity index (χ2v) is 8.15. The van der Waals surface area contributed by atoms with E-state index in [0.717, 1.165) is 4.90 Å². The number of imide groups is 1. The van der Waals surface area contributed by atoms with Crippen LogP contribution in [0.4, 0.5) is 5.69 Å². The molecule has 3 fully saturated rings. The lowest BCUT2D eigenvalue weighted by Gasteiger charge is -2.31. The highest BCUT2D eigenvalue weighted by atomic mass is 16.6. The molecule has 3 aliphatic heterocycles. The molecule has 2 N–H and O–H groups in total. The lowest BCUT2D eigenvalue weighted by Crippen LogP contribution is -2.49. The number of carbonyl (C=O) groups excluding carboxylic acids is 2. The molecule has 5 atom stereocenters. The molecule has 1 aromatic carbocycles. The topological polar surface area (TPSA) is 115 Å². The van der Waals surface area contributed by atoms with Crippen LogP contribution in [-0.4, -0.2) is 39.4 Å². The Morgan fingerprint density at radius 2 is 1.86 bits per heavy atom. The molecule has 0 spiro atoms. The standard InChI is InChI=1S/C20H18N3O5/c1-19-7-14(24)20(2,28-19)16-15(19)17(25)23(18(16)26)13-9-22(27)12(8-21)10-5-3-4-6-11(10)13/h3-6,9,14-16,24,27H,7H2,1-2H3/q+1/t14-,15+,16-,19?,20?/m1/s1. The summed E-state index contributed by atoms with van der Waals surface area (Å²) >= 11 is 0. The van der Waals surface area contributed by atoms with Crippen LogP contribution in [0, 0.1) is 23.2 Å². The van der Waals surface area contributed by atoms with Crippen LogP contribution in [0.1, 0.15) is 26.0 Å². The second kappa shape index (κ2) is 5.07. The summed E-state index contributed by atoms with van der Waals surface area (Å²) in [6, 6.07) is 8.72. The van der Waals surface area contributed by atoms with Crippen molar-refractivity contribution < 1.29 is 29.4 Å². The average Bonchev–Trinajstić information content (AvgIpc) is 3.15. The van der Waals surface area contributed by atoms with E-state index in [4.69, 9.17) is 4.74 Å². The Bertz CT molecular complexity index is 1120. The van der Waals surface area contributed by atoms with Gasteiger partial charge in [-0.3, -0.25) is 14.8 Å². The summed E-state index contributed by atoms with van der Waals surface area (Å²) in [5.41, 5.74) is -1.82. The van der Waals surface area contributed by atoms with Crippen molar-refractivity contribution in [3.63, 3.8) is 0 Å². The quantitative estimate of drug-likeness (QED) is 0.427. The number of hydrogen-bond donors (Lipinski definition) is 2. The van der Waals surface area contributed by atoms with E-state index in [1.54, 1.807) is 38.1 Å². The molecule has 4 heterocycles. The summed E-state index contributed by atoms with van der Waals surface area (Å²) in [6.07, 6.45) is 0.656.